The van der Waals surface area contributed by atoms with Gasteiger partial charge < -0.3 is 19.5 Å². The third-order valence-electron chi connectivity index (χ3n) is 2.85. The maximum atomic E-state index is 10.5. The molecule has 0 bridgehead atoms. The number of nitrogens with one attached hydrogen (secondary N) is 1. The van der Waals surface area contributed by atoms with Crippen molar-refractivity contribution in [3.63, 3.8) is 0 Å². The normalized spacial score (nSPS) is 18.7. The molecule has 1 aliphatic heterocycles. The van der Waals surface area contributed by atoms with Gasteiger partial charge in [0.05, 0.1) is 30.8 Å². The monoisotopic (exact) mass is 282 g/mol. The van der Waals surface area contributed by atoms with E-state index in [1.54, 1.807) is 12.1 Å². The third kappa shape index (κ3) is 4.76. The fourth-order valence-corrected chi connectivity index (χ4v) is 1.82. The van der Waals surface area contributed by atoms with E-state index in [9.17, 15) is 10.1 Å². The third-order valence-corrected chi connectivity index (χ3v) is 2.85. The fraction of sp³-hybridized carbons (Fsp3) is 0.538. The smallest absolute Gasteiger partial charge is 0.269 e. The molecule has 1 saturated heterocycles. The predicted molar refractivity (Wildman–Crippen MR) is 72.0 cm³/mol. The summed E-state index contributed by atoms with van der Waals surface area (Å²) in [5.74, 6) is 0.620. The van der Waals surface area contributed by atoms with Gasteiger partial charge in [0.15, 0.2) is 0 Å². The largest absolute Gasteiger partial charge is 0.492 e. The maximum Gasteiger partial charge on any atom is 0.269 e. The van der Waals surface area contributed by atoms with Gasteiger partial charge in [0.25, 0.3) is 5.69 Å². The van der Waals surface area contributed by atoms with Crippen molar-refractivity contribution >= 4 is 5.69 Å². The molecule has 0 spiro atoms. The van der Waals surface area contributed by atoms with Gasteiger partial charge in [-0.15, -0.1) is 0 Å². The lowest BCUT2D eigenvalue weighted by molar-refractivity contribution is -0.384. The number of hydrogen-bond acceptors (Lipinski definition) is 6. The van der Waals surface area contributed by atoms with Crippen LogP contribution in [0, 0.1) is 10.1 Å². The molecule has 0 radical (unpaired) electrons. The zero-order valence-electron chi connectivity index (χ0n) is 11.1. The van der Waals surface area contributed by atoms with Crippen LogP contribution in [0.2, 0.25) is 0 Å². The average molecular weight is 282 g/mol. The molecule has 0 saturated carbocycles. The number of ether oxygens (including phenoxy) is 3. The van der Waals surface area contributed by atoms with Gasteiger partial charge in [-0.05, 0) is 12.1 Å². The summed E-state index contributed by atoms with van der Waals surface area (Å²) in [5, 5.41) is 13.7. The van der Waals surface area contributed by atoms with E-state index in [4.69, 9.17) is 14.2 Å². The fourth-order valence-electron chi connectivity index (χ4n) is 1.82. The SMILES string of the molecule is O=[N+]([O-])c1ccc(OCCNCC2COCCO2)cc1. The molecule has 0 amide bonds. The first kappa shape index (κ1) is 14.7. The summed E-state index contributed by atoms with van der Waals surface area (Å²) >= 11 is 0. The van der Waals surface area contributed by atoms with Crippen molar-refractivity contribution in [3.05, 3.63) is 34.4 Å². The van der Waals surface area contributed by atoms with Crippen molar-refractivity contribution in [1.29, 1.82) is 0 Å². The zero-order valence-corrected chi connectivity index (χ0v) is 11.1. The van der Waals surface area contributed by atoms with Gasteiger partial charge in [-0.2, -0.15) is 0 Å². The van der Waals surface area contributed by atoms with Crippen LogP contribution in [0.4, 0.5) is 5.69 Å². The van der Waals surface area contributed by atoms with Crippen molar-refractivity contribution in [2.45, 2.75) is 6.10 Å². The number of nitrogens with zero attached hydrogens (tertiary/aromatic N) is 1. The van der Waals surface area contributed by atoms with Crippen LogP contribution in [0.5, 0.6) is 5.75 Å². The topological polar surface area (TPSA) is 82.9 Å². The van der Waals surface area contributed by atoms with Crippen LogP contribution in [0.3, 0.4) is 0 Å². The van der Waals surface area contributed by atoms with Crippen molar-refractivity contribution in [2.24, 2.45) is 0 Å². The van der Waals surface area contributed by atoms with Gasteiger partial charge in [0.1, 0.15) is 12.4 Å². The first-order valence-electron chi connectivity index (χ1n) is 6.53. The number of non-ortho nitro benzene ring substituents is 1. The first-order valence-corrected chi connectivity index (χ1v) is 6.53. The molecular weight excluding hydrogens is 264 g/mol. The Kier molecular flexibility index (Phi) is 5.72. The van der Waals surface area contributed by atoms with Gasteiger partial charge >= 0.3 is 0 Å². The maximum absolute atomic E-state index is 10.5. The number of rotatable bonds is 7. The Labute approximate surface area is 117 Å². The lowest BCUT2D eigenvalue weighted by Crippen LogP contribution is -2.38. The molecule has 1 aliphatic rings. The molecule has 7 nitrogen and oxygen atoms in total. The van der Waals surface area contributed by atoms with Crippen LogP contribution in [-0.4, -0.2) is 50.5 Å². The van der Waals surface area contributed by atoms with Crippen LogP contribution < -0.4 is 10.1 Å². The predicted octanol–water partition coefficient (Wildman–Crippen LogP) is 0.979. The molecule has 1 heterocycles. The molecule has 1 N–H and O–H groups in total. The molecule has 1 aromatic carbocycles. The van der Waals surface area contributed by atoms with E-state index in [1.165, 1.54) is 12.1 Å². The van der Waals surface area contributed by atoms with Crippen LogP contribution >= 0.6 is 0 Å². The molecule has 1 fully saturated rings. The summed E-state index contributed by atoms with van der Waals surface area (Å²) in [5.41, 5.74) is 0.0601. The highest BCUT2D eigenvalue weighted by atomic mass is 16.6. The zero-order chi connectivity index (χ0) is 14.2. The molecule has 1 unspecified atom stereocenters. The van der Waals surface area contributed by atoms with E-state index in [2.05, 4.69) is 5.32 Å². The molecule has 110 valence electrons. The van der Waals surface area contributed by atoms with Crippen molar-refractivity contribution < 1.29 is 19.1 Å². The van der Waals surface area contributed by atoms with E-state index < -0.39 is 4.92 Å². The van der Waals surface area contributed by atoms with Crippen LogP contribution in [0.1, 0.15) is 0 Å². The Balaban J connectivity index is 1.59. The number of hydrogen-bond donors (Lipinski definition) is 1. The Morgan fingerprint density at radius 2 is 2.15 bits per heavy atom. The summed E-state index contributed by atoms with van der Waals surface area (Å²) in [6.45, 7) is 3.83. The number of nitro benzene ring substituents is 1. The van der Waals surface area contributed by atoms with Crippen molar-refractivity contribution in [3.8, 4) is 5.75 Å². The minimum absolute atomic E-state index is 0.0601. The molecule has 0 aromatic heterocycles. The highest BCUT2D eigenvalue weighted by Gasteiger charge is 2.13. The summed E-state index contributed by atoms with van der Waals surface area (Å²) in [6, 6.07) is 6.04. The van der Waals surface area contributed by atoms with E-state index in [1.807, 2.05) is 0 Å². The van der Waals surface area contributed by atoms with Gasteiger partial charge in [-0.3, -0.25) is 10.1 Å². The molecule has 20 heavy (non-hydrogen) atoms. The van der Waals surface area contributed by atoms with Gasteiger partial charge in [0.2, 0.25) is 0 Å². The van der Waals surface area contributed by atoms with E-state index >= 15 is 0 Å². The van der Waals surface area contributed by atoms with Crippen LogP contribution in [0.15, 0.2) is 24.3 Å². The van der Waals surface area contributed by atoms with Gasteiger partial charge in [-0.1, -0.05) is 0 Å². The highest BCUT2D eigenvalue weighted by Crippen LogP contribution is 2.16. The molecule has 1 atom stereocenters. The van der Waals surface area contributed by atoms with E-state index in [-0.39, 0.29) is 11.8 Å². The standard InChI is InChI=1S/C13H18N2O5/c16-15(17)11-1-3-12(4-2-11)19-6-5-14-9-13-10-18-7-8-20-13/h1-4,13-14H,5-10H2. The Bertz CT molecular complexity index is 417. The first-order chi connectivity index (χ1) is 9.75. The molecule has 7 heteroatoms. The van der Waals surface area contributed by atoms with Gasteiger partial charge in [0, 0.05) is 25.2 Å². The van der Waals surface area contributed by atoms with Crippen molar-refractivity contribution in [2.75, 3.05) is 39.5 Å². The van der Waals surface area contributed by atoms with Crippen LogP contribution in [-0.2, 0) is 9.47 Å². The summed E-state index contributed by atoms with van der Waals surface area (Å²) < 4.78 is 16.2. The summed E-state index contributed by atoms with van der Waals surface area (Å²) in [6.07, 6.45) is 0.100. The number of benzene rings is 1. The Hall–Kier alpha value is -1.70. The van der Waals surface area contributed by atoms with E-state index in [0.717, 1.165) is 6.54 Å². The molecule has 1 aromatic rings. The van der Waals surface area contributed by atoms with E-state index in [0.29, 0.717) is 38.7 Å². The van der Waals surface area contributed by atoms with Gasteiger partial charge in [-0.25, -0.2) is 0 Å². The lowest BCUT2D eigenvalue weighted by atomic mass is 10.3. The molecular formula is C13H18N2O5. The summed E-state index contributed by atoms with van der Waals surface area (Å²) in [4.78, 5) is 10.1. The minimum atomic E-state index is -0.433. The second kappa shape index (κ2) is 7.78. The minimum Gasteiger partial charge on any atom is -0.492 e. The second-order valence-corrected chi connectivity index (χ2v) is 4.37. The second-order valence-electron chi connectivity index (χ2n) is 4.37. The number of nitro groups is 1. The molecule has 0 aliphatic carbocycles. The Morgan fingerprint density at radius 1 is 1.35 bits per heavy atom. The summed E-state index contributed by atoms with van der Waals surface area (Å²) in [7, 11) is 0. The van der Waals surface area contributed by atoms with Crippen LogP contribution in [0.25, 0.3) is 0 Å². The van der Waals surface area contributed by atoms with Crippen molar-refractivity contribution in [1.82, 2.24) is 5.32 Å². The molecule has 2 rings (SSSR count). The highest BCUT2D eigenvalue weighted by molar-refractivity contribution is 5.35. The average Bonchev–Trinajstić information content (AvgIpc) is 2.48. The Morgan fingerprint density at radius 3 is 2.80 bits per heavy atom. The quantitative estimate of drug-likeness (QED) is 0.456. The lowest BCUT2D eigenvalue weighted by Gasteiger charge is -2.23.